The van der Waals surface area contributed by atoms with Gasteiger partial charge in [-0.15, -0.1) is 0 Å². The van der Waals surface area contributed by atoms with Gasteiger partial charge in [0.15, 0.2) is 0 Å². The van der Waals surface area contributed by atoms with E-state index in [-0.39, 0.29) is 0 Å². The zero-order valence-electron chi connectivity index (χ0n) is 19.0. The molecular weight excluding hydrogens is 414 g/mol. The average Bonchev–Trinajstić information content (AvgIpc) is 3.20. The summed E-state index contributed by atoms with van der Waals surface area (Å²) in [5, 5.41) is 4.43. The maximum Gasteiger partial charge on any atom is 0.0654 e. The molecule has 0 fully saturated rings. The standard InChI is InChI=1S/C28H32ClN3/c1-3-4-7-19-30-23-15-13-22(14-16-23)27-17-18-28(25-11-5-6-12-26(25)29)32(27)20-24-10-8-9-21(2)31-24/h5-6,8-15,17-18,23,30H,3-4,7,16,19-20H2,1-2H3. The quantitative estimate of drug-likeness (QED) is 0.357. The second-order valence-corrected chi connectivity index (χ2v) is 8.87. The molecule has 1 unspecified atom stereocenters. The van der Waals surface area contributed by atoms with Crippen LogP contribution in [0.1, 0.15) is 49.7 Å². The van der Waals surface area contributed by atoms with Gasteiger partial charge in [-0.05, 0) is 62.2 Å². The third kappa shape index (κ3) is 5.40. The lowest BCUT2D eigenvalue weighted by Crippen LogP contribution is -2.28. The molecule has 3 nitrogen and oxygen atoms in total. The second kappa shape index (κ2) is 10.8. The summed E-state index contributed by atoms with van der Waals surface area (Å²) in [6.07, 6.45) is 11.7. The fraction of sp³-hybridized carbons (Fsp3) is 0.321. The van der Waals surface area contributed by atoms with Crippen LogP contribution in [0.5, 0.6) is 0 Å². The van der Waals surface area contributed by atoms with Crippen LogP contribution in [-0.2, 0) is 6.54 Å². The van der Waals surface area contributed by atoms with Crippen molar-refractivity contribution in [2.24, 2.45) is 0 Å². The highest BCUT2D eigenvalue weighted by Gasteiger charge is 2.17. The molecule has 32 heavy (non-hydrogen) atoms. The summed E-state index contributed by atoms with van der Waals surface area (Å²) >= 11 is 6.58. The van der Waals surface area contributed by atoms with Crippen molar-refractivity contribution in [3.63, 3.8) is 0 Å². The van der Waals surface area contributed by atoms with E-state index >= 15 is 0 Å². The molecule has 1 aliphatic rings. The van der Waals surface area contributed by atoms with Gasteiger partial charge in [-0.25, -0.2) is 0 Å². The summed E-state index contributed by atoms with van der Waals surface area (Å²) in [6, 6.07) is 19.1. The Balaban J connectivity index is 1.62. The smallest absolute Gasteiger partial charge is 0.0654 e. The molecule has 166 valence electrons. The minimum Gasteiger partial charge on any atom is -0.334 e. The van der Waals surface area contributed by atoms with Crippen molar-refractivity contribution >= 4 is 17.2 Å². The van der Waals surface area contributed by atoms with Crippen LogP contribution in [0, 0.1) is 6.92 Å². The molecule has 0 saturated carbocycles. The highest BCUT2D eigenvalue weighted by atomic mass is 35.5. The van der Waals surface area contributed by atoms with E-state index in [1.54, 1.807) is 0 Å². The summed E-state index contributed by atoms with van der Waals surface area (Å²) < 4.78 is 2.34. The molecule has 0 spiro atoms. The Morgan fingerprint density at radius 2 is 1.88 bits per heavy atom. The summed E-state index contributed by atoms with van der Waals surface area (Å²) in [6.45, 7) is 6.06. The number of hydrogen-bond donors (Lipinski definition) is 1. The normalized spacial score (nSPS) is 15.7. The Labute approximate surface area is 196 Å². The SMILES string of the molecule is CCCCCNC1C=CC(c2ccc(-c3ccccc3Cl)n2Cc2cccc(C)n2)=CC1. The van der Waals surface area contributed by atoms with Crippen LogP contribution in [0.15, 0.2) is 72.8 Å². The highest BCUT2D eigenvalue weighted by Crippen LogP contribution is 2.33. The van der Waals surface area contributed by atoms with Gasteiger partial charge in [0.1, 0.15) is 0 Å². The van der Waals surface area contributed by atoms with Crippen LogP contribution in [0.2, 0.25) is 5.02 Å². The van der Waals surface area contributed by atoms with E-state index in [2.05, 4.69) is 65.4 Å². The van der Waals surface area contributed by atoms with Gasteiger partial charge in [0.05, 0.1) is 17.9 Å². The number of nitrogens with one attached hydrogen (secondary N) is 1. The fourth-order valence-electron chi connectivity index (χ4n) is 4.27. The van der Waals surface area contributed by atoms with E-state index in [0.717, 1.165) is 40.6 Å². The molecule has 1 aromatic carbocycles. The van der Waals surface area contributed by atoms with Gasteiger partial charge in [-0.1, -0.05) is 73.9 Å². The predicted octanol–water partition coefficient (Wildman–Crippen LogP) is 7.05. The van der Waals surface area contributed by atoms with Gasteiger partial charge < -0.3 is 9.88 Å². The third-order valence-corrected chi connectivity index (χ3v) is 6.31. The van der Waals surface area contributed by atoms with Crippen molar-refractivity contribution in [1.82, 2.24) is 14.9 Å². The molecule has 1 atom stereocenters. The Bertz CT molecular complexity index is 1110. The number of allylic oxidation sites excluding steroid dienone is 2. The number of benzene rings is 1. The Kier molecular flexibility index (Phi) is 7.62. The van der Waals surface area contributed by atoms with Crippen molar-refractivity contribution in [1.29, 1.82) is 0 Å². The first kappa shape index (κ1) is 22.6. The molecule has 4 rings (SSSR count). The van der Waals surface area contributed by atoms with Crippen LogP contribution < -0.4 is 5.32 Å². The number of pyridine rings is 1. The molecule has 0 amide bonds. The number of aromatic nitrogens is 2. The first-order chi connectivity index (χ1) is 15.7. The summed E-state index contributed by atoms with van der Waals surface area (Å²) in [4.78, 5) is 4.75. The van der Waals surface area contributed by atoms with E-state index in [9.17, 15) is 0 Å². The lowest BCUT2D eigenvalue weighted by atomic mass is 10.0. The van der Waals surface area contributed by atoms with Crippen LogP contribution >= 0.6 is 11.6 Å². The first-order valence-electron chi connectivity index (χ1n) is 11.6. The maximum absolute atomic E-state index is 6.58. The van der Waals surface area contributed by atoms with Crippen molar-refractivity contribution in [3.05, 3.63) is 94.9 Å². The number of unbranched alkanes of at least 4 members (excludes halogenated alkanes) is 2. The summed E-state index contributed by atoms with van der Waals surface area (Å²) in [5.41, 5.74) is 6.69. The van der Waals surface area contributed by atoms with Gasteiger partial charge in [0.2, 0.25) is 0 Å². The zero-order valence-corrected chi connectivity index (χ0v) is 19.8. The number of halogens is 1. The Hall–Kier alpha value is -2.62. The Morgan fingerprint density at radius 3 is 2.62 bits per heavy atom. The number of nitrogens with zero attached hydrogens (tertiary/aromatic N) is 2. The van der Waals surface area contributed by atoms with Gasteiger partial charge in [-0.3, -0.25) is 4.98 Å². The van der Waals surface area contributed by atoms with Gasteiger partial charge in [0.25, 0.3) is 0 Å². The fourth-order valence-corrected chi connectivity index (χ4v) is 4.50. The van der Waals surface area contributed by atoms with Crippen LogP contribution in [0.4, 0.5) is 0 Å². The Morgan fingerprint density at radius 1 is 1.03 bits per heavy atom. The largest absolute Gasteiger partial charge is 0.334 e. The molecule has 3 aromatic rings. The molecule has 0 bridgehead atoms. The minimum atomic E-state index is 0.417. The van der Waals surface area contributed by atoms with E-state index < -0.39 is 0 Å². The molecule has 2 heterocycles. The van der Waals surface area contributed by atoms with E-state index in [1.165, 1.54) is 30.5 Å². The van der Waals surface area contributed by atoms with Crippen molar-refractivity contribution < 1.29 is 0 Å². The number of rotatable bonds is 9. The van der Waals surface area contributed by atoms with Gasteiger partial charge in [-0.2, -0.15) is 0 Å². The molecule has 2 aromatic heterocycles. The topological polar surface area (TPSA) is 29.9 Å². The molecule has 1 aliphatic carbocycles. The van der Waals surface area contributed by atoms with E-state index in [0.29, 0.717) is 12.6 Å². The summed E-state index contributed by atoms with van der Waals surface area (Å²) in [5.74, 6) is 0. The molecule has 0 aliphatic heterocycles. The van der Waals surface area contributed by atoms with Crippen molar-refractivity contribution in [2.45, 2.75) is 52.1 Å². The third-order valence-electron chi connectivity index (χ3n) is 5.98. The van der Waals surface area contributed by atoms with E-state index in [1.807, 2.05) is 31.2 Å². The summed E-state index contributed by atoms with van der Waals surface area (Å²) in [7, 11) is 0. The van der Waals surface area contributed by atoms with Crippen molar-refractivity contribution in [3.8, 4) is 11.3 Å². The molecular formula is C28H32ClN3. The molecule has 0 saturated heterocycles. The molecule has 1 N–H and O–H groups in total. The number of hydrogen-bond acceptors (Lipinski definition) is 2. The zero-order chi connectivity index (χ0) is 22.3. The number of aryl methyl sites for hydroxylation is 1. The van der Waals surface area contributed by atoms with Crippen LogP contribution in [0.3, 0.4) is 0 Å². The lowest BCUT2D eigenvalue weighted by Gasteiger charge is -2.20. The molecule has 4 heteroatoms. The van der Waals surface area contributed by atoms with Gasteiger partial charge >= 0.3 is 0 Å². The van der Waals surface area contributed by atoms with E-state index in [4.69, 9.17) is 16.6 Å². The highest BCUT2D eigenvalue weighted by molar-refractivity contribution is 6.33. The monoisotopic (exact) mass is 445 g/mol. The van der Waals surface area contributed by atoms with Crippen LogP contribution in [-0.4, -0.2) is 22.1 Å². The van der Waals surface area contributed by atoms with Crippen LogP contribution in [0.25, 0.3) is 16.8 Å². The average molecular weight is 446 g/mol. The minimum absolute atomic E-state index is 0.417. The maximum atomic E-state index is 6.58. The second-order valence-electron chi connectivity index (χ2n) is 8.46. The van der Waals surface area contributed by atoms with Crippen molar-refractivity contribution in [2.75, 3.05) is 6.54 Å². The van der Waals surface area contributed by atoms with Gasteiger partial charge in [0, 0.05) is 28.0 Å². The first-order valence-corrected chi connectivity index (χ1v) is 12.0. The predicted molar refractivity (Wildman–Crippen MR) is 136 cm³/mol. The lowest BCUT2D eigenvalue weighted by molar-refractivity contribution is 0.560. The molecule has 0 radical (unpaired) electrons.